The number of anilines is 2. The van der Waals surface area contributed by atoms with Crippen molar-refractivity contribution in [3.63, 3.8) is 0 Å². The lowest BCUT2D eigenvalue weighted by molar-refractivity contribution is -0.895. The number of rotatable bonds is 4. The third-order valence-corrected chi connectivity index (χ3v) is 4.93. The average Bonchev–Trinajstić information content (AvgIpc) is 3.01. The molecule has 0 spiro atoms. The zero-order chi connectivity index (χ0) is 15.0. The number of likely N-dealkylation sites (tertiary alicyclic amines) is 1. The van der Waals surface area contributed by atoms with E-state index in [4.69, 9.17) is 5.73 Å². The molecule has 0 saturated carbocycles. The van der Waals surface area contributed by atoms with Gasteiger partial charge in [0.2, 0.25) is 0 Å². The lowest BCUT2D eigenvalue weighted by Crippen LogP contribution is -2.44. The maximum atomic E-state index is 6.23. The molecule has 5 heteroatoms. The Kier molecular flexibility index (Phi) is 3.53. The highest BCUT2D eigenvalue weighted by atomic mass is 15.4. The van der Waals surface area contributed by atoms with E-state index in [1.807, 2.05) is 10.6 Å². The number of hydrogen-bond donors (Lipinski definition) is 2. The van der Waals surface area contributed by atoms with Gasteiger partial charge in [-0.1, -0.05) is 6.07 Å². The van der Waals surface area contributed by atoms with E-state index in [0.717, 1.165) is 35.8 Å². The fraction of sp³-hybridized carbons (Fsp3) is 0.562. The fourth-order valence-corrected chi connectivity index (χ4v) is 3.25. The zero-order valence-electron chi connectivity index (χ0n) is 13.3. The second-order valence-electron chi connectivity index (χ2n) is 6.59. The van der Waals surface area contributed by atoms with Crippen LogP contribution in [0.1, 0.15) is 24.1 Å². The monoisotopic (exact) mass is 288 g/mol. The molecule has 0 aromatic carbocycles. The number of aromatic nitrogens is 2. The van der Waals surface area contributed by atoms with Gasteiger partial charge in [-0.25, -0.2) is 4.52 Å². The molecule has 114 valence electrons. The van der Waals surface area contributed by atoms with Gasteiger partial charge in [0.1, 0.15) is 5.69 Å². The van der Waals surface area contributed by atoms with Gasteiger partial charge in [-0.2, -0.15) is 0 Å². The van der Waals surface area contributed by atoms with Crippen molar-refractivity contribution >= 4 is 17.0 Å². The smallest absolute Gasteiger partial charge is 0.172 e. The third kappa shape index (κ3) is 2.58. The Morgan fingerprint density at radius 2 is 2.00 bits per heavy atom. The molecule has 0 bridgehead atoms. The second-order valence-corrected chi connectivity index (χ2v) is 6.59. The standard InChI is InChI=1S/C16H26N5/c1-12-6-7-14-15(17)16(19-20(14)13(12)2)18-8-11-21(3)9-4-5-10-21/h6-7H,4-5,8-11,17H2,1-3H3,(H,18,19)/q+1. The number of pyridine rings is 1. The summed E-state index contributed by atoms with van der Waals surface area (Å²) in [6, 6.07) is 4.15. The van der Waals surface area contributed by atoms with E-state index < -0.39 is 0 Å². The van der Waals surface area contributed by atoms with Crippen LogP contribution < -0.4 is 11.1 Å². The van der Waals surface area contributed by atoms with Gasteiger partial charge in [0.25, 0.3) is 0 Å². The van der Waals surface area contributed by atoms with Crippen LogP contribution in [-0.2, 0) is 0 Å². The van der Waals surface area contributed by atoms with Crippen LogP contribution in [0.25, 0.3) is 5.52 Å². The Hall–Kier alpha value is -1.75. The van der Waals surface area contributed by atoms with Gasteiger partial charge in [-0.15, -0.1) is 5.10 Å². The third-order valence-electron chi connectivity index (χ3n) is 4.93. The summed E-state index contributed by atoms with van der Waals surface area (Å²) in [7, 11) is 2.34. The van der Waals surface area contributed by atoms with E-state index in [1.54, 1.807) is 0 Å². The molecule has 1 fully saturated rings. The molecular weight excluding hydrogens is 262 g/mol. The lowest BCUT2D eigenvalue weighted by Gasteiger charge is -2.29. The Bertz CT molecular complexity index is 652. The molecule has 1 aliphatic rings. The van der Waals surface area contributed by atoms with Crippen molar-refractivity contribution in [2.24, 2.45) is 0 Å². The highest BCUT2D eigenvalue weighted by Crippen LogP contribution is 2.25. The summed E-state index contributed by atoms with van der Waals surface area (Å²) in [4.78, 5) is 0. The van der Waals surface area contributed by atoms with E-state index in [0.29, 0.717) is 0 Å². The van der Waals surface area contributed by atoms with E-state index >= 15 is 0 Å². The van der Waals surface area contributed by atoms with Gasteiger partial charge >= 0.3 is 0 Å². The first-order valence-corrected chi connectivity index (χ1v) is 7.82. The van der Waals surface area contributed by atoms with Crippen LogP contribution >= 0.6 is 0 Å². The van der Waals surface area contributed by atoms with E-state index in [1.165, 1.54) is 36.0 Å². The summed E-state index contributed by atoms with van der Waals surface area (Å²) in [6.45, 7) is 8.81. The van der Waals surface area contributed by atoms with Gasteiger partial charge < -0.3 is 15.5 Å². The molecule has 0 aliphatic carbocycles. The topological polar surface area (TPSA) is 55.3 Å². The largest absolute Gasteiger partial charge is 0.394 e. The highest BCUT2D eigenvalue weighted by molar-refractivity contribution is 5.81. The van der Waals surface area contributed by atoms with Crippen LogP contribution in [-0.4, -0.2) is 47.3 Å². The van der Waals surface area contributed by atoms with E-state index in [2.05, 4.69) is 37.4 Å². The van der Waals surface area contributed by atoms with Crippen molar-refractivity contribution in [1.82, 2.24) is 9.61 Å². The Morgan fingerprint density at radius 1 is 1.29 bits per heavy atom. The van der Waals surface area contributed by atoms with Crippen LogP contribution in [0.3, 0.4) is 0 Å². The number of nitrogens with zero attached hydrogens (tertiary/aromatic N) is 3. The normalized spacial score (nSPS) is 17.5. The molecule has 0 amide bonds. The molecule has 0 radical (unpaired) electrons. The van der Waals surface area contributed by atoms with Crippen molar-refractivity contribution in [2.75, 3.05) is 44.3 Å². The van der Waals surface area contributed by atoms with Crippen molar-refractivity contribution in [1.29, 1.82) is 0 Å². The van der Waals surface area contributed by atoms with Crippen molar-refractivity contribution < 1.29 is 4.48 Å². The Morgan fingerprint density at radius 3 is 2.71 bits per heavy atom. The first-order chi connectivity index (χ1) is 10.0. The molecule has 3 heterocycles. The van der Waals surface area contributed by atoms with Gasteiger partial charge in [0.05, 0.1) is 38.7 Å². The average molecular weight is 288 g/mol. The molecule has 0 atom stereocenters. The number of nitrogen functional groups attached to an aromatic ring is 1. The summed E-state index contributed by atoms with van der Waals surface area (Å²) >= 11 is 0. The van der Waals surface area contributed by atoms with Gasteiger partial charge in [0.15, 0.2) is 5.82 Å². The quantitative estimate of drug-likeness (QED) is 0.848. The maximum absolute atomic E-state index is 6.23. The molecule has 3 N–H and O–H groups in total. The molecule has 2 aromatic heterocycles. The van der Waals surface area contributed by atoms with Gasteiger partial charge in [-0.3, -0.25) is 0 Å². The summed E-state index contributed by atoms with van der Waals surface area (Å²) in [5.74, 6) is 0.814. The number of aryl methyl sites for hydroxylation is 2. The summed E-state index contributed by atoms with van der Waals surface area (Å²) in [5, 5.41) is 8.06. The molecule has 1 aliphatic heterocycles. The number of nitrogens with two attached hydrogens (primary N) is 1. The van der Waals surface area contributed by atoms with Crippen molar-refractivity contribution in [2.45, 2.75) is 26.7 Å². The van der Waals surface area contributed by atoms with E-state index in [9.17, 15) is 0 Å². The molecular formula is C16H26N5+. The molecule has 2 aromatic rings. The van der Waals surface area contributed by atoms with E-state index in [-0.39, 0.29) is 0 Å². The maximum Gasteiger partial charge on any atom is 0.172 e. The zero-order valence-corrected chi connectivity index (χ0v) is 13.3. The summed E-state index contributed by atoms with van der Waals surface area (Å²) in [5.41, 5.74) is 10.3. The predicted octanol–water partition coefficient (Wildman–Crippen LogP) is 2.19. The molecule has 1 saturated heterocycles. The number of fused-ring (bicyclic) bond motifs is 1. The van der Waals surface area contributed by atoms with Crippen LogP contribution in [0, 0.1) is 13.8 Å². The number of hydrogen-bond acceptors (Lipinski definition) is 3. The highest BCUT2D eigenvalue weighted by Gasteiger charge is 2.26. The molecule has 0 unspecified atom stereocenters. The minimum atomic E-state index is 0.752. The van der Waals surface area contributed by atoms with Crippen LogP contribution in [0.5, 0.6) is 0 Å². The molecule has 5 nitrogen and oxygen atoms in total. The fourth-order valence-electron chi connectivity index (χ4n) is 3.25. The van der Waals surface area contributed by atoms with Crippen LogP contribution in [0.4, 0.5) is 11.5 Å². The van der Waals surface area contributed by atoms with Gasteiger partial charge in [0, 0.05) is 18.5 Å². The van der Waals surface area contributed by atoms with Crippen LogP contribution in [0.15, 0.2) is 12.1 Å². The first-order valence-electron chi connectivity index (χ1n) is 7.82. The van der Waals surface area contributed by atoms with Crippen molar-refractivity contribution in [3.8, 4) is 0 Å². The minimum Gasteiger partial charge on any atom is -0.394 e. The van der Waals surface area contributed by atoms with Gasteiger partial charge in [-0.05, 0) is 25.5 Å². The molecule has 21 heavy (non-hydrogen) atoms. The minimum absolute atomic E-state index is 0.752. The second kappa shape index (κ2) is 5.22. The van der Waals surface area contributed by atoms with Crippen molar-refractivity contribution in [3.05, 3.63) is 23.4 Å². The van der Waals surface area contributed by atoms with Crippen LogP contribution in [0.2, 0.25) is 0 Å². The SMILES string of the molecule is Cc1ccc2c(N)c(NCC[N+]3(C)CCCC3)nn2c1C. The number of likely N-dealkylation sites (N-methyl/N-ethyl adjacent to an activating group) is 1. The lowest BCUT2D eigenvalue weighted by atomic mass is 10.2. The first kappa shape index (κ1) is 14.2. The number of nitrogens with one attached hydrogen (secondary N) is 1. The molecule has 3 rings (SSSR count). The Balaban J connectivity index is 1.75. The Labute approximate surface area is 126 Å². The predicted molar refractivity (Wildman–Crippen MR) is 87.6 cm³/mol. The summed E-state index contributed by atoms with van der Waals surface area (Å²) in [6.07, 6.45) is 2.71. The number of quaternary nitrogens is 1. The summed E-state index contributed by atoms with van der Waals surface area (Å²) < 4.78 is 3.11.